The van der Waals surface area contributed by atoms with Crippen LogP contribution in [0.2, 0.25) is 25.7 Å². The molecule has 204 valence electrons. The Morgan fingerprint density at radius 3 is 2.47 bits per heavy atom. The van der Waals surface area contributed by atoms with Crippen LogP contribution in [0.5, 0.6) is 5.75 Å². The molecule has 1 N–H and O–H groups in total. The van der Waals surface area contributed by atoms with E-state index in [4.69, 9.17) is 14.3 Å². The van der Waals surface area contributed by atoms with E-state index in [0.29, 0.717) is 30.7 Å². The number of benzene rings is 2. The first kappa shape index (κ1) is 27.8. The minimum atomic E-state index is -1.42. The van der Waals surface area contributed by atoms with Crippen molar-refractivity contribution in [1.82, 2.24) is 0 Å². The number of ether oxygens (including phenoxy) is 2. The number of halogens is 1. The lowest BCUT2D eigenvalue weighted by Crippen LogP contribution is -2.51. The van der Waals surface area contributed by atoms with Crippen molar-refractivity contribution in [3.63, 3.8) is 0 Å². The molecule has 3 aliphatic carbocycles. The van der Waals surface area contributed by atoms with Crippen LogP contribution in [0.1, 0.15) is 48.3 Å². The van der Waals surface area contributed by atoms with Crippen LogP contribution in [0.3, 0.4) is 0 Å². The van der Waals surface area contributed by atoms with Crippen molar-refractivity contribution in [2.45, 2.75) is 63.9 Å². The first-order valence-electron chi connectivity index (χ1n) is 13.2. The summed E-state index contributed by atoms with van der Waals surface area (Å²) in [5.74, 6) is -3.79. The zero-order chi connectivity index (χ0) is 27.4. The number of nitrogens with zero attached hydrogens (tertiary/aromatic N) is 1. The van der Waals surface area contributed by atoms with E-state index in [1.165, 1.54) is 12.1 Å². The van der Waals surface area contributed by atoms with Gasteiger partial charge in [0.1, 0.15) is 18.2 Å². The van der Waals surface area contributed by atoms with E-state index in [2.05, 4.69) is 24.8 Å². The van der Waals surface area contributed by atoms with Gasteiger partial charge in [-0.15, -0.1) is 0 Å². The molecule has 2 aromatic rings. The summed E-state index contributed by atoms with van der Waals surface area (Å²) in [7, 11) is -1.42. The third kappa shape index (κ3) is 6.26. The molecule has 1 fully saturated rings. The highest BCUT2D eigenvalue weighted by molar-refractivity contribution is 6.76. The van der Waals surface area contributed by atoms with Crippen LogP contribution in [-0.4, -0.2) is 44.0 Å². The number of hydrogen-bond acceptors (Lipinski definition) is 7. The lowest BCUT2D eigenvalue weighted by molar-refractivity contribution is -0.163. The van der Waals surface area contributed by atoms with Crippen molar-refractivity contribution < 1.29 is 33.4 Å². The zero-order valence-corrected chi connectivity index (χ0v) is 23.4. The molecule has 7 nitrogen and oxygen atoms in total. The summed E-state index contributed by atoms with van der Waals surface area (Å²) in [5, 5.41) is 14.7. The van der Waals surface area contributed by atoms with E-state index in [1.54, 1.807) is 24.3 Å². The third-order valence-electron chi connectivity index (χ3n) is 7.16. The van der Waals surface area contributed by atoms with Gasteiger partial charge in [-0.05, 0) is 59.8 Å². The van der Waals surface area contributed by atoms with Crippen LogP contribution in [0.15, 0.2) is 47.6 Å². The largest absolute Gasteiger partial charge is 0.508 e. The van der Waals surface area contributed by atoms with Gasteiger partial charge in [0.25, 0.3) is 0 Å². The van der Waals surface area contributed by atoms with E-state index >= 15 is 0 Å². The van der Waals surface area contributed by atoms with Crippen LogP contribution in [-0.2, 0) is 30.5 Å². The highest BCUT2D eigenvalue weighted by Gasteiger charge is 2.57. The van der Waals surface area contributed by atoms with Crippen LogP contribution in [0.4, 0.5) is 4.39 Å². The average Bonchev–Trinajstić information content (AvgIpc) is 2.86. The molecule has 0 spiro atoms. The summed E-state index contributed by atoms with van der Waals surface area (Å²) in [5.41, 5.74) is 2.84. The smallest absolute Gasteiger partial charge is 0.310 e. The number of carbonyl (C=O) groups is 2. The molecule has 1 saturated carbocycles. The summed E-state index contributed by atoms with van der Waals surface area (Å²) in [6.45, 7) is 9.15. The summed E-state index contributed by atoms with van der Waals surface area (Å²) < 4.78 is 24.9. The molecular formula is C29H36FNO6Si. The van der Waals surface area contributed by atoms with Gasteiger partial charge in [-0.3, -0.25) is 9.59 Å². The van der Waals surface area contributed by atoms with Crippen LogP contribution in [0.25, 0.3) is 0 Å². The maximum absolute atomic E-state index is 13.6. The SMILES string of the molecule is CCCOC(=O)C1C2C(=NOCc3cccc(F)c3)CC(c3ccc(O)cc32)C1C(=O)OCC[Si](C)(C)C. The molecule has 2 bridgehead atoms. The fourth-order valence-corrected chi connectivity index (χ4v) is 6.06. The van der Waals surface area contributed by atoms with Gasteiger partial charge in [0.15, 0.2) is 0 Å². The quantitative estimate of drug-likeness (QED) is 0.234. The fraction of sp³-hybridized carbons (Fsp3) is 0.483. The van der Waals surface area contributed by atoms with Crippen molar-refractivity contribution >= 4 is 25.7 Å². The molecule has 38 heavy (non-hydrogen) atoms. The Morgan fingerprint density at radius 1 is 1.03 bits per heavy atom. The second kappa shape index (κ2) is 11.7. The predicted octanol–water partition coefficient (Wildman–Crippen LogP) is 5.76. The van der Waals surface area contributed by atoms with E-state index < -0.39 is 37.8 Å². The number of esters is 2. The molecule has 0 amide bonds. The molecular weight excluding hydrogens is 505 g/mol. The van der Waals surface area contributed by atoms with Crippen molar-refractivity contribution in [3.05, 3.63) is 65.0 Å². The van der Waals surface area contributed by atoms with Crippen molar-refractivity contribution in [2.75, 3.05) is 13.2 Å². The van der Waals surface area contributed by atoms with Crippen molar-refractivity contribution in [2.24, 2.45) is 17.0 Å². The van der Waals surface area contributed by atoms with E-state index in [9.17, 15) is 19.1 Å². The van der Waals surface area contributed by atoms with Crippen LogP contribution >= 0.6 is 0 Å². The molecule has 0 aliphatic heterocycles. The van der Waals surface area contributed by atoms with Crippen LogP contribution in [0, 0.1) is 17.7 Å². The average molecular weight is 542 g/mol. The van der Waals surface area contributed by atoms with E-state index in [0.717, 1.165) is 17.2 Å². The maximum atomic E-state index is 13.6. The Hall–Kier alpha value is -3.20. The molecule has 4 unspecified atom stereocenters. The number of oxime groups is 1. The second-order valence-corrected chi connectivity index (χ2v) is 16.9. The Morgan fingerprint density at radius 2 is 1.76 bits per heavy atom. The molecule has 5 rings (SSSR count). The standard InChI is InChI=1S/C29H36FNO6Si/c1-5-11-35-29(34)27-25-22-15-20(32)9-10-21(22)23(26(27)28(33)36-12-13-38(2,3)4)16-24(25)31-37-17-18-7-6-8-19(30)14-18/h6-10,14-15,23,25-27,32H,5,11-13,16-17H2,1-4H3. The number of phenolic OH excluding ortho intramolecular Hbond substituents is 1. The monoisotopic (exact) mass is 541 g/mol. The molecule has 0 saturated heterocycles. The molecule has 3 aliphatic rings. The van der Waals surface area contributed by atoms with Gasteiger partial charge >= 0.3 is 11.9 Å². The molecule has 4 atom stereocenters. The minimum Gasteiger partial charge on any atom is -0.508 e. The van der Waals surface area contributed by atoms with Gasteiger partial charge < -0.3 is 19.4 Å². The lowest BCUT2D eigenvalue weighted by Gasteiger charge is -2.47. The van der Waals surface area contributed by atoms with Crippen LogP contribution < -0.4 is 0 Å². The summed E-state index contributed by atoms with van der Waals surface area (Å²) in [6, 6.07) is 11.9. The van der Waals surface area contributed by atoms with Crippen molar-refractivity contribution in [3.8, 4) is 5.75 Å². The number of fused-ring (bicyclic) bond motifs is 2. The number of carbonyl (C=O) groups excluding carboxylic acids is 2. The number of aromatic hydroxyl groups is 1. The zero-order valence-electron chi connectivity index (χ0n) is 22.4. The van der Waals surface area contributed by atoms with Gasteiger partial charge in [0, 0.05) is 19.9 Å². The summed E-state index contributed by atoms with van der Waals surface area (Å²) in [6.07, 6.45) is 1.05. The van der Waals surface area contributed by atoms with Gasteiger partial charge in [-0.1, -0.05) is 49.9 Å². The van der Waals surface area contributed by atoms with E-state index in [-0.39, 0.29) is 30.7 Å². The lowest BCUT2D eigenvalue weighted by atomic mass is 9.55. The first-order chi connectivity index (χ1) is 18.1. The minimum absolute atomic E-state index is 0.0542. The van der Waals surface area contributed by atoms with Crippen molar-refractivity contribution in [1.29, 1.82) is 0 Å². The molecule has 0 heterocycles. The molecule has 9 heteroatoms. The highest BCUT2D eigenvalue weighted by Crippen LogP contribution is 2.56. The topological polar surface area (TPSA) is 94.4 Å². The Bertz CT molecular complexity index is 1210. The number of phenols is 1. The third-order valence-corrected chi connectivity index (χ3v) is 8.87. The molecule has 0 radical (unpaired) electrons. The maximum Gasteiger partial charge on any atom is 0.310 e. The molecule has 2 aromatic carbocycles. The van der Waals surface area contributed by atoms with Gasteiger partial charge in [0.2, 0.25) is 0 Å². The van der Waals surface area contributed by atoms with Gasteiger partial charge in [0.05, 0.1) is 30.8 Å². The highest BCUT2D eigenvalue weighted by atomic mass is 28.3. The Kier molecular flexibility index (Phi) is 8.55. The summed E-state index contributed by atoms with van der Waals surface area (Å²) in [4.78, 5) is 32.6. The Labute approximate surface area is 224 Å². The number of rotatable bonds is 10. The fourth-order valence-electron chi connectivity index (χ4n) is 5.35. The number of hydrogen-bond donors (Lipinski definition) is 1. The summed E-state index contributed by atoms with van der Waals surface area (Å²) >= 11 is 0. The van der Waals surface area contributed by atoms with E-state index in [1.807, 2.05) is 13.0 Å². The Balaban J connectivity index is 1.67. The normalized spacial score (nSPS) is 23.1. The predicted molar refractivity (Wildman–Crippen MR) is 144 cm³/mol. The van der Waals surface area contributed by atoms with Gasteiger partial charge in [-0.25, -0.2) is 4.39 Å². The first-order valence-corrected chi connectivity index (χ1v) is 16.9. The van der Waals surface area contributed by atoms with Gasteiger partial charge in [-0.2, -0.15) is 0 Å². The molecule has 0 aromatic heterocycles. The second-order valence-electron chi connectivity index (χ2n) is 11.3.